The molecule has 0 amide bonds. The van der Waals surface area contributed by atoms with Gasteiger partial charge in [0.2, 0.25) is 0 Å². The fourth-order valence-electron chi connectivity index (χ4n) is 1.65. The van der Waals surface area contributed by atoms with Crippen molar-refractivity contribution in [1.29, 1.82) is 0 Å². The van der Waals surface area contributed by atoms with Gasteiger partial charge in [-0.25, -0.2) is 0 Å². The average molecular weight is 277 g/mol. The molecule has 1 heterocycles. The van der Waals surface area contributed by atoms with Crippen LogP contribution in [-0.2, 0) is 6.54 Å². The van der Waals surface area contributed by atoms with Crippen molar-refractivity contribution in [1.82, 2.24) is 4.98 Å². The Morgan fingerprint density at radius 3 is 2.50 bits per heavy atom. The van der Waals surface area contributed by atoms with E-state index in [-0.39, 0.29) is 0 Å². The van der Waals surface area contributed by atoms with E-state index in [0.29, 0.717) is 6.54 Å². The Morgan fingerprint density at radius 1 is 1.25 bits per heavy atom. The van der Waals surface area contributed by atoms with Crippen molar-refractivity contribution < 1.29 is 0 Å². The molecule has 1 aromatic carbocycles. The van der Waals surface area contributed by atoms with E-state index in [4.69, 9.17) is 5.73 Å². The average Bonchev–Trinajstić information content (AvgIpc) is 2.30. The molecule has 0 atom stereocenters. The van der Waals surface area contributed by atoms with Crippen molar-refractivity contribution >= 4 is 15.9 Å². The summed E-state index contributed by atoms with van der Waals surface area (Å²) in [6.07, 6.45) is 1.84. The third-order valence-electron chi connectivity index (χ3n) is 2.49. The molecule has 0 aliphatic rings. The molecule has 2 nitrogen and oxygen atoms in total. The number of nitrogens with two attached hydrogens (primary N) is 1. The maximum atomic E-state index is 5.58. The van der Waals surface area contributed by atoms with E-state index in [9.17, 15) is 0 Å². The van der Waals surface area contributed by atoms with Crippen LogP contribution in [0.3, 0.4) is 0 Å². The molecule has 3 heteroatoms. The zero-order chi connectivity index (χ0) is 11.5. The molecule has 0 bridgehead atoms. The number of halogens is 1. The van der Waals surface area contributed by atoms with Gasteiger partial charge in [0, 0.05) is 22.8 Å². The highest BCUT2D eigenvalue weighted by molar-refractivity contribution is 9.10. The molecule has 0 saturated carbocycles. The smallest absolute Gasteiger partial charge is 0.0731 e. The van der Waals surface area contributed by atoms with Gasteiger partial charge in [-0.2, -0.15) is 0 Å². The van der Waals surface area contributed by atoms with Crippen molar-refractivity contribution in [3.8, 4) is 11.3 Å². The van der Waals surface area contributed by atoms with Crippen molar-refractivity contribution in [3.05, 3.63) is 52.1 Å². The fraction of sp³-hybridized carbons (Fsp3) is 0.154. The number of rotatable bonds is 2. The molecule has 0 fully saturated rings. The van der Waals surface area contributed by atoms with Crippen LogP contribution < -0.4 is 5.73 Å². The number of hydrogen-bond donors (Lipinski definition) is 1. The molecule has 2 N–H and O–H groups in total. The fourth-order valence-corrected chi connectivity index (χ4v) is 1.92. The predicted octanol–water partition coefficient (Wildman–Crippen LogP) is 3.28. The molecular weight excluding hydrogens is 264 g/mol. The lowest BCUT2D eigenvalue weighted by Gasteiger charge is -2.06. The predicted molar refractivity (Wildman–Crippen MR) is 70.0 cm³/mol. The molecule has 0 unspecified atom stereocenters. The van der Waals surface area contributed by atoms with Gasteiger partial charge in [-0.1, -0.05) is 34.1 Å². The van der Waals surface area contributed by atoms with Crippen LogP contribution in [0.5, 0.6) is 0 Å². The van der Waals surface area contributed by atoms with Gasteiger partial charge in [-0.3, -0.25) is 4.98 Å². The summed E-state index contributed by atoms with van der Waals surface area (Å²) in [6.45, 7) is 2.60. The zero-order valence-corrected chi connectivity index (χ0v) is 10.7. The van der Waals surface area contributed by atoms with Gasteiger partial charge in [0.1, 0.15) is 0 Å². The molecule has 2 rings (SSSR count). The summed E-state index contributed by atoms with van der Waals surface area (Å²) in [5, 5.41) is 0. The highest BCUT2D eigenvalue weighted by Gasteiger charge is 2.03. The standard InChI is InChI=1S/C13H13BrN2/c1-9-6-10(7-15)8-16-13(9)11-2-4-12(14)5-3-11/h2-6,8H,7,15H2,1H3. The van der Waals surface area contributed by atoms with Crippen LogP contribution >= 0.6 is 15.9 Å². The molecule has 16 heavy (non-hydrogen) atoms. The molecule has 0 aliphatic heterocycles. The van der Waals surface area contributed by atoms with E-state index in [2.05, 4.69) is 46.0 Å². The van der Waals surface area contributed by atoms with Gasteiger partial charge >= 0.3 is 0 Å². The van der Waals surface area contributed by atoms with Crippen molar-refractivity contribution in [3.63, 3.8) is 0 Å². The van der Waals surface area contributed by atoms with Gasteiger partial charge in [-0.15, -0.1) is 0 Å². The Hall–Kier alpha value is -1.19. The largest absolute Gasteiger partial charge is 0.326 e. The van der Waals surface area contributed by atoms with Gasteiger partial charge in [0.15, 0.2) is 0 Å². The lowest BCUT2D eigenvalue weighted by Crippen LogP contribution is -1.99. The van der Waals surface area contributed by atoms with Crippen LogP contribution in [0.25, 0.3) is 11.3 Å². The normalized spacial score (nSPS) is 10.4. The molecule has 1 aromatic heterocycles. The maximum absolute atomic E-state index is 5.58. The first kappa shape index (κ1) is 11.3. The van der Waals surface area contributed by atoms with Crippen LogP contribution in [0, 0.1) is 6.92 Å². The number of aromatic nitrogens is 1. The Kier molecular flexibility index (Phi) is 3.36. The summed E-state index contributed by atoms with van der Waals surface area (Å²) >= 11 is 3.42. The quantitative estimate of drug-likeness (QED) is 0.914. The van der Waals surface area contributed by atoms with E-state index in [1.807, 2.05) is 18.3 Å². The lowest BCUT2D eigenvalue weighted by atomic mass is 10.1. The molecule has 0 saturated heterocycles. The summed E-state index contributed by atoms with van der Waals surface area (Å²) in [4.78, 5) is 4.45. The summed E-state index contributed by atoms with van der Waals surface area (Å²) in [5.74, 6) is 0. The SMILES string of the molecule is Cc1cc(CN)cnc1-c1ccc(Br)cc1. The highest BCUT2D eigenvalue weighted by atomic mass is 79.9. The zero-order valence-electron chi connectivity index (χ0n) is 9.07. The summed E-state index contributed by atoms with van der Waals surface area (Å²) < 4.78 is 1.08. The van der Waals surface area contributed by atoms with Gasteiger partial charge < -0.3 is 5.73 Å². The van der Waals surface area contributed by atoms with Crippen LogP contribution in [0.2, 0.25) is 0 Å². The van der Waals surface area contributed by atoms with Crippen LogP contribution in [0.1, 0.15) is 11.1 Å². The van der Waals surface area contributed by atoms with Gasteiger partial charge in [0.25, 0.3) is 0 Å². The van der Waals surface area contributed by atoms with Crippen LogP contribution in [0.4, 0.5) is 0 Å². The number of nitrogens with zero attached hydrogens (tertiary/aromatic N) is 1. The number of hydrogen-bond acceptors (Lipinski definition) is 2. The Bertz CT molecular complexity index is 492. The van der Waals surface area contributed by atoms with Crippen molar-refractivity contribution in [2.75, 3.05) is 0 Å². The topological polar surface area (TPSA) is 38.9 Å². The Balaban J connectivity index is 2.44. The summed E-state index contributed by atoms with van der Waals surface area (Å²) in [7, 11) is 0. The van der Waals surface area contributed by atoms with Crippen LogP contribution in [-0.4, -0.2) is 4.98 Å². The molecule has 0 spiro atoms. The van der Waals surface area contributed by atoms with Gasteiger partial charge in [-0.05, 0) is 30.2 Å². The molecule has 82 valence electrons. The van der Waals surface area contributed by atoms with E-state index in [1.165, 1.54) is 0 Å². The molecule has 0 aliphatic carbocycles. The Labute approximate surface area is 104 Å². The number of benzene rings is 1. The van der Waals surface area contributed by atoms with E-state index in [0.717, 1.165) is 26.9 Å². The van der Waals surface area contributed by atoms with E-state index >= 15 is 0 Å². The van der Waals surface area contributed by atoms with Crippen LogP contribution in [0.15, 0.2) is 41.0 Å². The lowest BCUT2D eigenvalue weighted by molar-refractivity contribution is 1.04. The summed E-state index contributed by atoms with van der Waals surface area (Å²) in [5.41, 5.74) is 9.95. The van der Waals surface area contributed by atoms with Crippen molar-refractivity contribution in [2.45, 2.75) is 13.5 Å². The first-order valence-corrected chi connectivity index (χ1v) is 5.91. The highest BCUT2D eigenvalue weighted by Crippen LogP contribution is 2.23. The first-order valence-electron chi connectivity index (χ1n) is 5.12. The monoisotopic (exact) mass is 276 g/mol. The second kappa shape index (κ2) is 4.76. The number of aryl methyl sites for hydroxylation is 1. The maximum Gasteiger partial charge on any atom is 0.0731 e. The minimum absolute atomic E-state index is 0.536. The molecular formula is C13H13BrN2. The third-order valence-corrected chi connectivity index (χ3v) is 3.02. The van der Waals surface area contributed by atoms with E-state index in [1.54, 1.807) is 0 Å². The van der Waals surface area contributed by atoms with E-state index < -0.39 is 0 Å². The molecule has 0 radical (unpaired) electrons. The molecule has 2 aromatic rings. The Morgan fingerprint density at radius 2 is 1.94 bits per heavy atom. The van der Waals surface area contributed by atoms with Crippen molar-refractivity contribution in [2.24, 2.45) is 5.73 Å². The second-order valence-corrected chi connectivity index (χ2v) is 4.64. The second-order valence-electron chi connectivity index (χ2n) is 3.72. The minimum Gasteiger partial charge on any atom is -0.326 e. The number of pyridine rings is 1. The summed E-state index contributed by atoms with van der Waals surface area (Å²) in [6, 6.07) is 10.2. The third kappa shape index (κ3) is 2.31. The van der Waals surface area contributed by atoms with Gasteiger partial charge in [0.05, 0.1) is 5.69 Å². The first-order chi connectivity index (χ1) is 7.70. The minimum atomic E-state index is 0.536.